The van der Waals surface area contributed by atoms with Crippen molar-refractivity contribution in [2.24, 2.45) is 0 Å². The standard InChI is InChI=1S/C20H15ClN4O.2H2/c21-14-10-15-16(12-23-20(15)22-11-14)17-7-4-8-18(24-17)25-19(26)9-13-5-2-1-3-6-13;;/h1-8,10-12H,9H2,(H,22,23)(H,24,25,26);2*1H. The summed E-state index contributed by atoms with van der Waals surface area (Å²) < 4.78 is 0. The topological polar surface area (TPSA) is 70.7 Å². The van der Waals surface area contributed by atoms with Gasteiger partial charge in [-0.05, 0) is 23.8 Å². The Morgan fingerprint density at radius 1 is 1.15 bits per heavy atom. The molecule has 1 aromatic carbocycles. The molecule has 0 spiro atoms. The summed E-state index contributed by atoms with van der Waals surface area (Å²) in [5.41, 5.74) is 3.32. The molecule has 0 saturated heterocycles. The van der Waals surface area contributed by atoms with Crippen LogP contribution in [-0.2, 0) is 11.2 Å². The molecule has 0 fully saturated rings. The minimum absolute atomic E-state index is 0. The Hall–Kier alpha value is -3.18. The number of anilines is 1. The maximum Gasteiger partial charge on any atom is 0.229 e. The van der Waals surface area contributed by atoms with Crippen molar-refractivity contribution in [1.82, 2.24) is 15.0 Å². The third-order valence-corrected chi connectivity index (χ3v) is 4.20. The lowest BCUT2D eigenvalue weighted by atomic mass is 10.1. The second-order valence-corrected chi connectivity index (χ2v) is 6.31. The van der Waals surface area contributed by atoms with Gasteiger partial charge in [-0.25, -0.2) is 9.97 Å². The van der Waals surface area contributed by atoms with Gasteiger partial charge in [0.1, 0.15) is 11.5 Å². The first-order valence-corrected chi connectivity index (χ1v) is 8.51. The van der Waals surface area contributed by atoms with Gasteiger partial charge in [0, 0.05) is 26.2 Å². The van der Waals surface area contributed by atoms with Gasteiger partial charge in [-0.2, -0.15) is 0 Å². The first-order chi connectivity index (χ1) is 12.7. The van der Waals surface area contributed by atoms with E-state index >= 15 is 0 Å². The van der Waals surface area contributed by atoms with Crippen molar-refractivity contribution in [3.05, 3.63) is 77.6 Å². The Kier molecular flexibility index (Phi) is 4.37. The van der Waals surface area contributed by atoms with Crippen LogP contribution < -0.4 is 5.32 Å². The van der Waals surface area contributed by atoms with Gasteiger partial charge in [0.05, 0.1) is 17.1 Å². The number of carbonyl (C=O) groups excluding carboxylic acids is 1. The molecule has 0 radical (unpaired) electrons. The van der Waals surface area contributed by atoms with Crippen LogP contribution in [-0.4, -0.2) is 20.9 Å². The molecule has 26 heavy (non-hydrogen) atoms. The number of rotatable bonds is 4. The average molecular weight is 367 g/mol. The highest BCUT2D eigenvalue weighted by Crippen LogP contribution is 2.28. The van der Waals surface area contributed by atoms with Crippen molar-refractivity contribution in [2.45, 2.75) is 6.42 Å². The van der Waals surface area contributed by atoms with Gasteiger partial charge in [0.15, 0.2) is 0 Å². The molecule has 3 heterocycles. The van der Waals surface area contributed by atoms with Gasteiger partial charge in [-0.3, -0.25) is 4.79 Å². The first-order valence-electron chi connectivity index (χ1n) is 8.13. The normalized spacial score (nSPS) is 10.8. The molecule has 0 unspecified atom stereocenters. The molecule has 4 aromatic rings. The minimum atomic E-state index is -0.107. The van der Waals surface area contributed by atoms with Crippen LogP contribution in [0.25, 0.3) is 22.3 Å². The number of nitrogens with zero attached hydrogens (tertiary/aromatic N) is 2. The fourth-order valence-corrected chi connectivity index (χ4v) is 2.97. The molecule has 3 aromatic heterocycles. The van der Waals surface area contributed by atoms with Crippen molar-refractivity contribution in [3.8, 4) is 11.3 Å². The monoisotopic (exact) mass is 366 g/mol. The molecule has 4 rings (SSSR count). The number of pyridine rings is 2. The van der Waals surface area contributed by atoms with E-state index in [9.17, 15) is 4.79 Å². The van der Waals surface area contributed by atoms with E-state index in [1.54, 1.807) is 12.3 Å². The molecule has 5 nitrogen and oxygen atoms in total. The highest BCUT2D eigenvalue weighted by atomic mass is 35.5. The van der Waals surface area contributed by atoms with E-state index in [1.807, 2.05) is 54.7 Å². The highest BCUT2D eigenvalue weighted by molar-refractivity contribution is 6.31. The van der Waals surface area contributed by atoms with E-state index in [4.69, 9.17) is 11.6 Å². The summed E-state index contributed by atoms with van der Waals surface area (Å²) in [5, 5.41) is 4.30. The quantitative estimate of drug-likeness (QED) is 0.536. The smallest absolute Gasteiger partial charge is 0.229 e. The second kappa shape index (κ2) is 6.98. The number of H-pyrrole nitrogens is 1. The van der Waals surface area contributed by atoms with E-state index < -0.39 is 0 Å². The van der Waals surface area contributed by atoms with Gasteiger partial charge in [0.25, 0.3) is 0 Å². The zero-order valence-electron chi connectivity index (χ0n) is 13.7. The second-order valence-electron chi connectivity index (χ2n) is 5.87. The van der Waals surface area contributed by atoms with Crippen LogP contribution in [0.3, 0.4) is 0 Å². The molecule has 0 aliphatic heterocycles. The zero-order chi connectivity index (χ0) is 17.9. The first kappa shape index (κ1) is 16.3. The molecule has 6 heteroatoms. The lowest BCUT2D eigenvalue weighted by Crippen LogP contribution is -2.15. The van der Waals surface area contributed by atoms with Crippen molar-refractivity contribution >= 4 is 34.4 Å². The fraction of sp³-hybridized carbons (Fsp3) is 0.0500. The van der Waals surface area contributed by atoms with Crippen LogP contribution in [0.2, 0.25) is 5.02 Å². The molecule has 132 valence electrons. The third kappa shape index (κ3) is 3.43. The number of hydrogen-bond donors (Lipinski definition) is 2. The van der Waals surface area contributed by atoms with Crippen molar-refractivity contribution < 1.29 is 7.65 Å². The number of amides is 1. The summed E-state index contributed by atoms with van der Waals surface area (Å²) in [5.74, 6) is 0.400. The maximum atomic E-state index is 12.3. The number of fused-ring (bicyclic) bond motifs is 1. The Morgan fingerprint density at radius 3 is 2.85 bits per heavy atom. The lowest BCUT2D eigenvalue weighted by Gasteiger charge is -2.06. The highest BCUT2D eigenvalue weighted by Gasteiger charge is 2.11. The SMILES string of the molecule is O=C(Cc1ccccc1)Nc1cccc(-c2c[nH]c3ncc(Cl)cc23)n1.[HH].[HH]. The van der Waals surface area contributed by atoms with Crippen LogP contribution in [0.15, 0.2) is 67.0 Å². The van der Waals surface area contributed by atoms with Gasteiger partial charge < -0.3 is 10.3 Å². The van der Waals surface area contributed by atoms with Gasteiger partial charge in [-0.1, -0.05) is 48.0 Å². The number of hydrogen-bond acceptors (Lipinski definition) is 3. The predicted octanol–water partition coefficient (Wildman–Crippen LogP) is 4.95. The van der Waals surface area contributed by atoms with E-state index in [-0.39, 0.29) is 8.76 Å². The van der Waals surface area contributed by atoms with Crippen LogP contribution >= 0.6 is 11.6 Å². The van der Waals surface area contributed by atoms with Gasteiger partial charge in [-0.15, -0.1) is 0 Å². The fourth-order valence-electron chi connectivity index (χ4n) is 2.81. The Balaban J connectivity index is 0.00000140. The average Bonchev–Trinajstić information content (AvgIpc) is 3.05. The van der Waals surface area contributed by atoms with E-state index in [0.717, 1.165) is 27.9 Å². The van der Waals surface area contributed by atoms with Crippen molar-refractivity contribution in [2.75, 3.05) is 5.32 Å². The van der Waals surface area contributed by atoms with Crippen LogP contribution in [0.1, 0.15) is 8.42 Å². The maximum absolute atomic E-state index is 12.3. The summed E-state index contributed by atoms with van der Waals surface area (Å²) in [6, 6.07) is 17.0. The molecule has 0 atom stereocenters. The zero-order valence-corrected chi connectivity index (χ0v) is 14.5. The summed E-state index contributed by atoms with van der Waals surface area (Å²) in [4.78, 5) is 24.2. The molecule has 1 amide bonds. The third-order valence-electron chi connectivity index (χ3n) is 4.00. The number of aromatic nitrogens is 3. The summed E-state index contributed by atoms with van der Waals surface area (Å²) in [6.45, 7) is 0. The predicted molar refractivity (Wildman–Crippen MR) is 107 cm³/mol. The minimum Gasteiger partial charge on any atom is -0.345 e. The largest absolute Gasteiger partial charge is 0.345 e. The number of halogens is 1. The van der Waals surface area contributed by atoms with Gasteiger partial charge >= 0.3 is 0 Å². The van der Waals surface area contributed by atoms with E-state index in [1.165, 1.54) is 0 Å². The molecular weight excluding hydrogens is 348 g/mol. The summed E-state index contributed by atoms with van der Waals surface area (Å²) in [6.07, 6.45) is 3.74. The molecule has 0 bridgehead atoms. The Labute approximate surface area is 158 Å². The number of benzene rings is 1. The van der Waals surface area contributed by atoms with E-state index in [2.05, 4.69) is 20.3 Å². The molecular formula is C20H19ClN4O. The molecule has 0 saturated carbocycles. The number of nitrogens with one attached hydrogen (secondary N) is 2. The number of aromatic amines is 1. The number of carbonyl (C=O) groups is 1. The van der Waals surface area contributed by atoms with Crippen molar-refractivity contribution in [3.63, 3.8) is 0 Å². The van der Waals surface area contributed by atoms with Crippen molar-refractivity contribution in [1.29, 1.82) is 0 Å². The van der Waals surface area contributed by atoms with Gasteiger partial charge in [0.2, 0.25) is 5.91 Å². The Morgan fingerprint density at radius 2 is 2.00 bits per heavy atom. The Bertz CT molecular complexity index is 1090. The van der Waals surface area contributed by atoms with Crippen LogP contribution in [0, 0.1) is 0 Å². The summed E-state index contributed by atoms with van der Waals surface area (Å²) >= 11 is 6.06. The summed E-state index contributed by atoms with van der Waals surface area (Å²) in [7, 11) is 0. The van der Waals surface area contributed by atoms with Crippen LogP contribution in [0.5, 0.6) is 0 Å². The van der Waals surface area contributed by atoms with Crippen LogP contribution in [0.4, 0.5) is 5.82 Å². The lowest BCUT2D eigenvalue weighted by molar-refractivity contribution is -0.115. The molecule has 0 aliphatic carbocycles. The van der Waals surface area contributed by atoms with E-state index in [0.29, 0.717) is 17.3 Å². The molecule has 0 aliphatic rings. The molecule has 2 N–H and O–H groups in total.